The second-order valence-corrected chi connectivity index (χ2v) is 6.55. The first kappa shape index (κ1) is 14.5. The summed E-state index contributed by atoms with van der Waals surface area (Å²) in [6.45, 7) is 6.48. The van der Waals surface area contributed by atoms with Crippen LogP contribution in [0.4, 0.5) is 0 Å². The summed E-state index contributed by atoms with van der Waals surface area (Å²) in [7, 11) is 0. The Labute approximate surface area is 136 Å². The van der Waals surface area contributed by atoms with Crippen molar-refractivity contribution in [3.8, 4) is 5.75 Å². The molecule has 0 amide bonds. The van der Waals surface area contributed by atoms with Crippen molar-refractivity contribution >= 4 is 21.8 Å². The van der Waals surface area contributed by atoms with Gasteiger partial charge in [0.2, 0.25) is 0 Å². The van der Waals surface area contributed by atoms with Crippen molar-refractivity contribution in [2.75, 3.05) is 19.6 Å². The number of aromatic hydroxyl groups is 1. The first-order valence-electron chi connectivity index (χ1n) is 8.53. The highest BCUT2D eigenvalue weighted by Gasteiger charge is 2.15. The number of phenolic OH excluding ortho intramolecular Hbond substituents is 1. The fraction of sp³-hybridized carbons (Fsp3) is 0.421. The quantitative estimate of drug-likeness (QED) is 0.802. The van der Waals surface area contributed by atoms with Gasteiger partial charge in [-0.15, -0.1) is 0 Å². The molecule has 0 radical (unpaired) electrons. The number of nitrogens with zero attached hydrogens (tertiary/aromatic N) is 3. The average Bonchev–Trinajstić information content (AvgIpc) is 2.88. The molecule has 120 valence electrons. The molecule has 4 rings (SSSR count). The SMILES string of the molecule is Cc1nccc2c3ccc(O)cc3n(CCN3CCCCC3)c12. The van der Waals surface area contributed by atoms with Crippen LogP contribution in [0.5, 0.6) is 5.75 Å². The number of rotatable bonds is 3. The van der Waals surface area contributed by atoms with Crippen LogP contribution < -0.4 is 0 Å². The minimum absolute atomic E-state index is 0.324. The molecule has 0 bridgehead atoms. The molecule has 0 saturated carbocycles. The van der Waals surface area contributed by atoms with Crippen molar-refractivity contribution in [3.63, 3.8) is 0 Å². The normalized spacial score (nSPS) is 16.4. The van der Waals surface area contributed by atoms with E-state index < -0.39 is 0 Å². The molecule has 3 aromatic rings. The molecule has 1 N–H and O–H groups in total. The van der Waals surface area contributed by atoms with E-state index in [2.05, 4.69) is 27.4 Å². The summed E-state index contributed by atoms with van der Waals surface area (Å²) < 4.78 is 2.33. The Bertz CT molecular complexity index is 847. The van der Waals surface area contributed by atoms with E-state index in [0.717, 1.165) is 24.3 Å². The number of likely N-dealkylation sites (tertiary alicyclic amines) is 1. The highest BCUT2D eigenvalue weighted by Crippen LogP contribution is 2.32. The molecule has 1 saturated heterocycles. The van der Waals surface area contributed by atoms with E-state index in [9.17, 15) is 5.11 Å². The van der Waals surface area contributed by atoms with Gasteiger partial charge in [0.25, 0.3) is 0 Å². The largest absolute Gasteiger partial charge is 0.508 e. The lowest BCUT2D eigenvalue weighted by Gasteiger charge is -2.26. The number of hydrogen-bond acceptors (Lipinski definition) is 3. The molecule has 1 aliphatic heterocycles. The maximum atomic E-state index is 9.93. The van der Waals surface area contributed by atoms with E-state index in [0.29, 0.717) is 5.75 Å². The van der Waals surface area contributed by atoms with Gasteiger partial charge < -0.3 is 14.6 Å². The van der Waals surface area contributed by atoms with E-state index in [-0.39, 0.29) is 0 Å². The molecule has 0 aliphatic carbocycles. The smallest absolute Gasteiger partial charge is 0.117 e. The third-order valence-electron chi connectivity index (χ3n) is 5.03. The molecule has 1 aromatic carbocycles. The monoisotopic (exact) mass is 309 g/mol. The molecule has 0 unspecified atom stereocenters. The van der Waals surface area contributed by atoms with Crippen molar-refractivity contribution in [2.24, 2.45) is 0 Å². The summed E-state index contributed by atoms with van der Waals surface area (Å²) in [6, 6.07) is 7.75. The van der Waals surface area contributed by atoms with Crippen molar-refractivity contribution in [1.29, 1.82) is 0 Å². The van der Waals surface area contributed by atoms with E-state index >= 15 is 0 Å². The second kappa shape index (κ2) is 5.85. The van der Waals surface area contributed by atoms with Gasteiger partial charge in [0.1, 0.15) is 5.75 Å². The maximum Gasteiger partial charge on any atom is 0.117 e. The summed E-state index contributed by atoms with van der Waals surface area (Å²) in [5.74, 6) is 0.324. The molecule has 0 spiro atoms. The predicted octanol–water partition coefficient (Wildman–Crippen LogP) is 3.69. The minimum atomic E-state index is 0.324. The molecular formula is C19H23N3O. The number of fused-ring (bicyclic) bond motifs is 3. The summed E-state index contributed by atoms with van der Waals surface area (Å²) in [6.07, 6.45) is 5.87. The van der Waals surface area contributed by atoms with E-state index in [1.165, 1.54) is 48.6 Å². The Morgan fingerprint density at radius 1 is 1.04 bits per heavy atom. The Morgan fingerprint density at radius 3 is 2.70 bits per heavy atom. The maximum absolute atomic E-state index is 9.93. The van der Waals surface area contributed by atoms with Crippen LogP contribution in [0, 0.1) is 6.92 Å². The highest BCUT2D eigenvalue weighted by atomic mass is 16.3. The number of piperidine rings is 1. The van der Waals surface area contributed by atoms with Crippen molar-refractivity contribution in [2.45, 2.75) is 32.7 Å². The van der Waals surface area contributed by atoms with Gasteiger partial charge in [0.05, 0.1) is 16.7 Å². The third kappa shape index (κ3) is 2.57. The fourth-order valence-electron chi connectivity index (χ4n) is 3.86. The van der Waals surface area contributed by atoms with Crippen LogP contribution >= 0.6 is 0 Å². The number of phenols is 1. The van der Waals surface area contributed by atoms with Crippen LogP contribution in [0.15, 0.2) is 30.5 Å². The van der Waals surface area contributed by atoms with Gasteiger partial charge in [-0.1, -0.05) is 6.42 Å². The number of hydrogen-bond donors (Lipinski definition) is 1. The fourth-order valence-corrected chi connectivity index (χ4v) is 3.86. The molecule has 3 heterocycles. The minimum Gasteiger partial charge on any atom is -0.508 e. The predicted molar refractivity (Wildman–Crippen MR) is 93.9 cm³/mol. The Balaban J connectivity index is 1.79. The Kier molecular flexibility index (Phi) is 3.69. The van der Waals surface area contributed by atoms with Crippen LogP contribution in [0.1, 0.15) is 25.0 Å². The van der Waals surface area contributed by atoms with Gasteiger partial charge in [-0.2, -0.15) is 0 Å². The zero-order valence-electron chi connectivity index (χ0n) is 13.6. The molecule has 2 aromatic heterocycles. The van der Waals surface area contributed by atoms with Gasteiger partial charge in [-0.3, -0.25) is 4.98 Å². The van der Waals surface area contributed by atoms with E-state index in [1.807, 2.05) is 18.3 Å². The van der Waals surface area contributed by atoms with Crippen LogP contribution in [0.2, 0.25) is 0 Å². The summed E-state index contributed by atoms with van der Waals surface area (Å²) in [5.41, 5.74) is 3.36. The van der Waals surface area contributed by atoms with Crippen LogP contribution in [-0.4, -0.2) is 39.2 Å². The van der Waals surface area contributed by atoms with Gasteiger partial charge in [-0.25, -0.2) is 0 Å². The molecule has 23 heavy (non-hydrogen) atoms. The van der Waals surface area contributed by atoms with Crippen LogP contribution in [0.3, 0.4) is 0 Å². The molecule has 0 atom stereocenters. The average molecular weight is 309 g/mol. The number of benzene rings is 1. The Morgan fingerprint density at radius 2 is 1.87 bits per heavy atom. The zero-order chi connectivity index (χ0) is 15.8. The van der Waals surface area contributed by atoms with Crippen LogP contribution in [-0.2, 0) is 6.54 Å². The number of pyridine rings is 1. The van der Waals surface area contributed by atoms with Gasteiger partial charge >= 0.3 is 0 Å². The highest BCUT2D eigenvalue weighted by molar-refractivity contribution is 6.08. The van der Waals surface area contributed by atoms with Crippen molar-refractivity contribution < 1.29 is 5.11 Å². The molecular weight excluding hydrogens is 286 g/mol. The summed E-state index contributed by atoms with van der Waals surface area (Å²) in [4.78, 5) is 7.03. The zero-order valence-corrected chi connectivity index (χ0v) is 13.6. The molecule has 1 fully saturated rings. The third-order valence-corrected chi connectivity index (χ3v) is 5.03. The first-order chi connectivity index (χ1) is 11.2. The first-order valence-corrected chi connectivity index (χ1v) is 8.53. The number of aromatic nitrogens is 2. The molecule has 4 heteroatoms. The molecule has 1 aliphatic rings. The van der Waals surface area contributed by atoms with E-state index in [1.54, 1.807) is 6.07 Å². The van der Waals surface area contributed by atoms with E-state index in [4.69, 9.17) is 0 Å². The lowest BCUT2D eigenvalue weighted by atomic mass is 10.1. The topological polar surface area (TPSA) is 41.3 Å². The van der Waals surface area contributed by atoms with Crippen molar-refractivity contribution in [1.82, 2.24) is 14.5 Å². The van der Waals surface area contributed by atoms with Gasteiger partial charge in [0.15, 0.2) is 0 Å². The summed E-state index contributed by atoms with van der Waals surface area (Å²) >= 11 is 0. The Hall–Kier alpha value is -2.07. The van der Waals surface area contributed by atoms with Gasteiger partial charge in [-0.05, 0) is 51.1 Å². The lowest BCUT2D eigenvalue weighted by molar-refractivity contribution is 0.222. The summed E-state index contributed by atoms with van der Waals surface area (Å²) in [5, 5.41) is 12.4. The van der Waals surface area contributed by atoms with Gasteiger partial charge in [0, 0.05) is 36.1 Å². The van der Waals surface area contributed by atoms with Crippen molar-refractivity contribution in [3.05, 3.63) is 36.2 Å². The number of aryl methyl sites for hydroxylation is 1. The van der Waals surface area contributed by atoms with Crippen LogP contribution in [0.25, 0.3) is 21.8 Å². The standard InChI is InChI=1S/C19H23N3O/c1-14-19-17(7-8-20-14)16-6-5-15(23)13-18(16)22(19)12-11-21-9-3-2-4-10-21/h5-8,13,23H,2-4,9-12H2,1H3. The lowest BCUT2D eigenvalue weighted by Crippen LogP contribution is -2.32. The molecule has 4 nitrogen and oxygen atoms in total. The second-order valence-electron chi connectivity index (χ2n) is 6.55.